The first-order valence-corrected chi connectivity index (χ1v) is 7.17. The average Bonchev–Trinajstić information content (AvgIpc) is 2.47. The second-order valence-electron chi connectivity index (χ2n) is 4.54. The van der Waals surface area contributed by atoms with E-state index in [4.69, 9.17) is 21.1 Å². The van der Waals surface area contributed by atoms with Gasteiger partial charge in [0.2, 0.25) is 5.78 Å². The molecule has 0 spiro atoms. The summed E-state index contributed by atoms with van der Waals surface area (Å²) in [4.78, 5) is 12.3. The van der Waals surface area contributed by atoms with E-state index in [1.807, 2.05) is 19.1 Å². The standard InChI is InChI=1S/C17H17ClO3/c1-3-20-15-8-5-9-16(11-15)21-12(2)17(19)13-6-4-7-14(18)10-13/h4-12H,3H2,1-2H3. The van der Waals surface area contributed by atoms with Crippen molar-refractivity contribution in [3.8, 4) is 11.5 Å². The van der Waals surface area contributed by atoms with Crippen LogP contribution in [0.15, 0.2) is 48.5 Å². The summed E-state index contributed by atoms with van der Waals surface area (Å²) in [7, 11) is 0. The van der Waals surface area contributed by atoms with Crippen LogP contribution in [-0.2, 0) is 0 Å². The number of hydrogen-bond donors (Lipinski definition) is 0. The molecule has 2 aromatic rings. The lowest BCUT2D eigenvalue weighted by molar-refractivity contribution is 0.0817. The van der Waals surface area contributed by atoms with Crippen LogP contribution in [0.3, 0.4) is 0 Å². The van der Waals surface area contributed by atoms with Crippen LogP contribution in [0.5, 0.6) is 11.5 Å². The fourth-order valence-electron chi connectivity index (χ4n) is 1.94. The molecule has 0 saturated heterocycles. The first-order chi connectivity index (χ1) is 10.1. The summed E-state index contributed by atoms with van der Waals surface area (Å²) < 4.78 is 11.1. The fourth-order valence-corrected chi connectivity index (χ4v) is 2.13. The van der Waals surface area contributed by atoms with Crippen molar-refractivity contribution in [1.82, 2.24) is 0 Å². The van der Waals surface area contributed by atoms with Gasteiger partial charge >= 0.3 is 0 Å². The lowest BCUT2D eigenvalue weighted by Gasteiger charge is -2.14. The van der Waals surface area contributed by atoms with Gasteiger partial charge in [-0.15, -0.1) is 0 Å². The van der Waals surface area contributed by atoms with Gasteiger partial charge in [-0.2, -0.15) is 0 Å². The van der Waals surface area contributed by atoms with Crippen molar-refractivity contribution in [2.24, 2.45) is 0 Å². The zero-order valence-electron chi connectivity index (χ0n) is 12.0. The highest BCUT2D eigenvalue weighted by Crippen LogP contribution is 2.21. The summed E-state index contributed by atoms with van der Waals surface area (Å²) in [6.07, 6.45) is -0.597. The quantitative estimate of drug-likeness (QED) is 0.743. The monoisotopic (exact) mass is 304 g/mol. The van der Waals surface area contributed by atoms with Crippen molar-refractivity contribution in [2.75, 3.05) is 6.61 Å². The molecule has 1 atom stereocenters. The van der Waals surface area contributed by atoms with Crippen LogP contribution in [-0.4, -0.2) is 18.5 Å². The van der Waals surface area contributed by atoms with Gasteiger partial charge < -0.3 is 9.47 Å². The summed E-state index contributed by atoms with van der Waals surface area (Å²) in [6.45, 7) is 4.22. The predicted molar refractivity (Wildman–Crippen MR) is 83.5 cm³/mol. The van der Waals surface area contributed by atoms with E-state index in [0.29, 0.717) is 22.9 Å². The minimum atomic E-state index is -0.597. The molecule has 2 aromatic carbocycles. The molecular weight excluding hydrogens is 288 g/mol. The molecule has 0 N–H and O–H groups in total. The highest BCUT2D eigenvalue weighted by Gasteiger charge is 2.17. The van der Waals surface area contributed by atoms with E-state index >= 15 is 0 Å². The number of carbonyl (C=O) groups excluding carboxylic acids is 1. The predicted octanol–water partition coefficient (Wildman–Crippen LogP) is 4.39. The Balaban J connectivity index is 2.08. The van der Waals surface area contributed by atoms with Crippen LogP contribution in [0.2, 0.25) is 5.02 Å². The van der Waals surface area contributed by atoms with Crippen molar-refractivity contribution in [3.05, 3.63) is 59.1 Å². The SMILES string of the molecule is CCOc1cccc(OC(C)C(=O)c2cccc(Cl)c2)c1. The number of Topliss-reactive ketones (excluding diaryl/α,β-unsaturated/α-hetero) is 1. The first-order valence-electron chi connectivity index (χ1n) is 6.79. The van der Waals surface area contributed by atoms with E-state index in [9.17, 15) is 4.79 Å². The topological polar surface area (TPSA) is 35.5 Å². The number of ether oxygens (including phenoxy) is 2. The Hall–Kier alpha value is -2.00. The highest BCUT2D eigenvalue weighted by molar-refractivity contribution is 6.31. The molecule has 110 valence electrons. The van der Waals surface area contributed by atoms with Gasteiger partial charge in [-0.1, -0.05) is 29.8 Å². The molecule has 0 radical (unpaired) electrons. The summed E-state index contributed by atoms with van der Waals surface area (Å²) in [6, 6.07) is 14.1. The Morgan fingerprint density at radius 3 is 2.57 bits per heavy atom. The number of benzene rings is 2. The zero-order valence-corrected chi connectivity index (χ0v) is 12.8. The molecule has 4 heteroatoms. The third-order valence-electron chi connectivity index (χ3n) is 2.91. The molecule has 0 heterocycles. The maximum absolute atomic E-state index is 12.3. The maximum atomic E-state index is 12.3. The van der Waals surface area contributed by atoms with Crippen LogP contribution in [0.4, 0.5) is 0 Å². The van der Waals surface area contributed by atoms with Crippen molar-refractivity contribution < 1.29 is 14.3 Å². The van der Waals surface area contributed by atoms with E-state index in [2.05, 4.69) is 0 Å². The number of halogens is 1. The Morgan fingerprint density at radius 1 is 1.14 bits per heavy atom. The van der Waals surface area contributed by atoms with Crippen LogP contribution in [0, 0.1) is 0 Å². The van der Waals surface area contributed by atoms with E-state index in [1.165, 1.54) is 0 Å². The molecule has 3 nitrogen and oxygen atoms in total. The van der Waals surface area contributed by atoms with E-state index in [0.717, 1.165) is 5.75 Å². The Labute approximate surface area is 129 Å². The zero-order chi connectivity index (χ0) is 15.2. The van der Waals surface area contributed by atoms with Gasteiger partial charge in [0.05, 0.1) is 6.61 Å². The summed E-state index contributed by atoms with van der Waals surface area (Å²) in [5.74, 6) is 1.21. The Kier molecular flexibility index (Phi) is 5.23. The first kappa shape index (κ1) is 15.4. The average molecular weight is 305 g/mol. The van der Waals surface area contributed by atoms with Crippen molar-refractivity contribution in [3.63, 3.8) is 0 Å². The summed E-state index contributed by atoms with van der Waals surface area (Å²) in [5, 5.41) is 0.534. The second-order valence-corrected chi connectivity index (χ2v) is 4.98. The second kappa shape index (κ2) is 7.14. The molecule has 0 saturated carbocycles. The number of carbonyl (C=O) groups is 1. The smallest absolute Gasteiger partial charge is 0.203 e. The molecule has 0 fully saturated rings. The van der Waals surface area contributed by atoms with Crippen molar-refractivity contribution in [1.29, 1.82) is 0 Å². The minimum absolute atomic E-state index is 0.112. The van der Waals surface area contributed by atoms with Gasteiger partial charge in [0.15, 0.2) is 6.10 Å². The molecule has 0 aliphatic carbocycles. The van der Waals surface area contributed by atoms with Gasteiger partial charge in [-0.3, -0.25) is 4.79 Å². The number of hydrogen-bond acceptors (Lipinski definition) is 3. The number of ketones is 1. The van der Waals surface area contributed by atoms with Gasteiger partial charge in [0, 0.05) is 16.7 Å². The van der Waals surface area contributed by atoms with Crippen LogP contribution >= 0.6 is 11.6 Å². The van der Waals surface area contributed by atoms with Gasteiger partial charge in [0.25, 0.3) is 0 Å². The molecule has 1 unspecified atom stereocenters. The van der Waals surface area contributed by atoms with E-state index in [-0.39, 0.29) is 5.78 Å². The summed E-state index contributed by atoms with van der Waals surface area (Å²) >= 11 is 5.90. The minimum Gasteiger partial charge on any atom is -0.494 e. The maximum Gasteiger partial charge on any atom is 0.203 e. The molecular formula is C17H17ClO3. The fraction of sp³-hybridized carbons (Fsp3) is 0.235. The van der Waals surface area contributed by atoms with Crippen molar-refractivity contribution in [2.45, 2.75) is 20.0 Å². The molecule has 2 rings (SSSR count). The normalized spacial score (nSPS) is 11.8. The van der Waals surface area contributed by atoms with Gasteiger partial charge in [-0.25, -0.2) is 0 Å². The third kappa shape index (κ3) is 4.23. The van der Waals surface area contributed by atoms with E-state index < -0.39 is 6.10 Å². The largest absolute Gasteiger partial charge is 0.494 e. The molecule has 21 heavy (non-hydrogen) atoms. The molecule has 0 aliphatic rings. The lowest BCUT2D eigenvalue weighted by Crippen LogP contribution is -2.23. The summed E-state index contributed by atoms with van der Waals surface area (Å²) in [5.41, 5.74) is 0.538. The molecule has 0 amide bonds. The van der Waals surface area contributed by atoms with Gasteiger partial charge in [0.1, 0.15) is 11.5 Å². The van der Waals surface area contributed by atoms with Crippen LogP contribution in [0.25, 0.3) is 0 Å². The Bertz CT molecular complexity index is 625. The van der Waals surface area contributed by atoms with E-state index in [1.54, 1.807) is 43.3 Å². The number of rotatable bonds is 6. The van der Waals surface area contributed by atoms with Crippen LogP contribution in [0.1, 0.15) is 24.2 Å². The molecule has 0 aromatic heterocycles. The highest BCUT2D eigenvalue weighted by atomic mass is 35.5. The van der Waals surface area contributed by atoms with Crippen LogP contribution < -0.4 is 9.47 Å². The Morgan fingerprint density at radius 2 is 1.86 bits per heavy atom. The third-order valence-corrected chi connectivity index (χ3v) is 3.14. The molecule has 0 aliphatic heterocycles. The lowest BCUT2D eigenvalue weighted by atomic mass is 10.1. The molecule has 0 bridgehead atoms. The van der Waals surface area contributed by atoms with Gasteiger partial charge in [-0.05, 0) is 38.1 Å². The van der Waals surface area contributed by atoms with Crippen molar-refractivity contribution >= 4 is 17.4 Å².